The molecule has 4 nitrogen and oxygen atoms in total. The molecule has 0 aliphatic carbocycles. The van der Waals surface area contributed by atoms with Crippen LogP contribution in [0, 0.1) is 11.3 Å². The van der Waals surface area contributed by atoms with Crippen molar-refractivity contribution in [1.82, 2.24) is 0 Å². The molecule has 0 saturated heterocycles. The molecule has 0 bridgehead atoms. The summed E-state index contributed by atoms with van der Waals surface area (Å²) in [4.78, 5) is 11.0. The zero-order chi connectivity index (χ0) is 17.4. The van der Waals surface area contributed by atoms with Gasteiger partial charge in [0.15, 0.2) is 0 Å². The van der Waals surface area contributed by atoms with E-state index in [2.05, 4.69) is 0 Å². The molecule has 0 fully saturated rings. The van der Waals surface area contributed by atoms with Crippen molar-refractivity contribution in [2.75, 3.05) is 0 Å². The average molecular weight is 346 g/mol. The fourth-order valence-electron chi connectivity index (χ4n) is 2.27. The highest BCUT2D eigenvalue weighted by atomic mass is 35.5. The van der Waals surface area contributed by atoms with Crippen LogP contribution in [0.25, 0.3) is 6.08 Å². The maximum Gasteiger partial charge on any atom is 0.430 e. The normalized spacial score (nSPS) is 18.3. The van der Waals surface area contributed by atoms with Crippen molar-refractivity contribution in [2.24, 2.45) is 0 Å². The zero-order valence-electron chi connectivity index (χ0n) is 11.8. The fraction of sp³-hybridized carbons (Fsp3) is 0.333. The fourth-order valence-corrected chi connectivity index (χ4v) is 2.63. The van der Waals surface area contributed by atoms with Crippen molar-refractivity contribution in [2.45, 2.75) is 31.5 Å². The first-order valence-corrected chi connectivity index (χ1v) is 6.91. The van der Waals surface area contributed by atoms with Crippen LogP contribution in [0.4, 0.5) is 13.2 Å². The number of fused-ring (bicyclic) bond motifs is 1. The molecule has 0 spiro atoms. The third kappa shape index (κ3) is 3.42. The first-order chi connectivity index (χ1) is 10.6. The van der Waals surface area contributed by atoms with Crippen molar-refractivity contribution >= 4 is 23.6 Å². The number of carboxylic acids is 1. The number of hydrogen-bond acceptors (Lipinski definition) is 3. The molecule has 0 saturated carbocycles. The average Bonchev–Trinajstić information content (AvgIpc) is 2.44. The molecule has 2 rings (SSSR count). The summed E-state index contributed by atoms with van der Waals surface area (Å²) in [6.45, 7) is 1.71. The minimum Gasteiger partial charge on any atom is -0.478 e. The lowest BCUT2D eigenvalue weighted by molar-refractivity contribution is -0.187. The zero-order valence-corrected chi connectivity index (χ0v) is 12.6. The number of hydrogen-bond donors (Lipinski definition) is 1. The van der Waals surface area contributed by atoms with Gasteiger partial charge in [0.25, 0.3) is 0 Å². The highest BCUT2D eigenvalue weighted by Gasteiger charge is 2.48. The van der Waals surface area contributed by atoms with E-state index < -0.39 is 23.8 Å². The summed E-state index contributed by atoms with van der Waals surface area (Å²) in [6.07, 6.45) is -6.37. The summed E-state index contributed by atoms with van der Waals surface area (Å²) in [5.74, 6) is -2.12. The van der Waals surface area contributed by atoms with Crippen LogP contribution in [0.3, 0.4) is 0 Å². The second-order valence-corrected chi connectivity index (χ2v) is 5.53. The molecule has 8 heteroatoms. The summed E-state index contributed by atoms with van der Waals surface area (Å²) in [5.41, 5.74) is -0.278. The molecule has 2 unspecified atom stereocenters. The van der Waals surface area contributed by atoms with Gasteiger partial charge in [0.1, 0.15) is 5.75 Å². The van der Waals surface area contributed by atoms with Crippen LogP contribution in [0.15, 0.2) is 17.7 Å². The number of nitrogens with zero attached hydrogens (tertiary/aromatic N) is 1. The van der Waals surface area contributed by atoms with E-state index in [0.29, 0.717) is 5.56 Å². The number of rotatable bonds is 3. The van der Waals surface area contributed by atoms with E-state index in [4.69, 9.17) is 26.7 Å². The third-order valence-corrected chi connectivity index (χ3v) is 3.77. The predicted octanol–water partition coefficient (Wildman–Crippen LogP) is 4.15. The van der Waals surface area contributed by atoms with Gasteiger partial charge in [0, 0.05) is 17.0 Å². The SMILES string of the molecule is CC(CC#N)c1cc2c(cc1Cl)C=C(C(=O)O)C(C(F)(F)F)O2. The molecule has 2 atom stereocenters. The van der Waals surface area contributed by atoms with Gasteiger partial charge >= 0.3 is 12.1 Å². The largest absolute Gasteiger partial charge is 0.478 e. The highest BCUT2D eigenvalue weighted by molar-refractivity contribution is 6.31. The van der Waals surface area contributed by atoms with Gasteiger partial charge in [-0.3, -0.25) is 0 Å². The van der Waals surface area contributed by atoms with Crippen molar-refractivity contribution in [3.8, 4) is 11.8 Å². The summed E-state index contributed by atoms with van der Waals surface area (Å²) in [6, 6.07) is 4.63. The van der Waals surface area contributed by atoms with E-state index in [0.717, 1.165) is 6.08 Å². The van der Waals surface area contributed by atoms with Crippen molar-refractivity contribution in [1.29, 1.82) is 5.26 Å². The van der Waals surface area contributed by atoms with Gasteiger partial charge < -0.3 is 9.84 Å². The first kappa shape index (κ1) is 17.2. The van der Waals surface area contributed by atoms with Crippen molar-refractivity contribution in [3.05, 3.63) is 33.9 Å². The molecule has 1 aromatic carbocycles. The van der Waals surface area contributed by atoms with E-state index >= 15 is 0 Å². The molecule has 1 aliphatic heterocycles. The molecule has 0 aromatic heterocycles. The third-order valence-electron chi connectivity index (χ3n) is 3.44. The van der Waals surface area contributed by atoms with Crippen LogP contribution in [0.5, 0.6) is 5.75 Å². The Balaban J connectivity index is 2.54. The van der Waals surface area contributed by atoms with Crippen LogP contribution in [0.1, 0.15) is 30.4 Å². The Morgan fingerprint density at radius 3 is 2.70 bits per heavy atom. The van der Waals surface area contributed by atoms with Gasteiger partial charge in [-0.15, -0.1) is 0 Å². The van der Waals surface area contributed by atoms with E-state index in [9.17, 15) is 18.0 Å². The Labute approximate surface area is 134 Å². The maximum absolute atomic E-state index is 13.0. The lowest BCUT2D eigenvalue weighted by Gasteiger charge is -2.28. The summed E-state index contributed by atoms with van der Waals surface area (Å²) in [7, 11) is 0. The number of ether oxygens (including phenoxy) is 1. The monoisotopic (exact) mass is 345 g/mol. The van der Waals surface area contributed by atoms with E-state index in [1.54, 1.807) is 6.92 Å². The molecule has 0 amide bonds. The number of halogens is 4. The standard InChI is InChI=1S/C15H11ClF3NO3/c1-7(2-3-20)9-6-12-8(5-11(9)16)4-10(14(21)22)13(23-12)15(17,18)19/h4-7,13H,2H2,1H3,(H,21,22). The van der Waals surface area contributed by atoms with Crippen molar-refractivity contribution in [3.63, 3.8) is 0 Å². The van der Waals surface area contributed by atoms with Gasteiger partial charge in [-0.2, -0.15) is 18.4 Å². The Bertz CT molecular complexity index is 722. The van der Waals surface area contributed by atoms with Crippen LogP contribution in [0.2, 0.25) is 5.02 Å². The minimum absolute atomic E-state index is 0.110. The smallest absolute Gasteiger partial charge is 0.430 e. The van der Waals surface area contributed by atoms with Gasteiger partial charge in [0.05, 0.1) is 11.6 Å². The molecule has 1 aromatic rings. The Morgan fingerprint density at radius 2 is 2.17 bits per heavy atom. The Kier molecular flexibility index (Phi) is 4.57. The molecule has 0 radical (unpaired) electrons. The molecule has 1 aliphatic rings. The topological polar surface area (TPSA) is 70.3 Å². The van der Waals surface area contributed by atoms with Crippen molar-refractivity contribution < 1.29 is 27.8 Å². The number of aliphatic carboxylic acids is 1. The number of alkyl halides is 3. The Morgan fingerprint density at radius 1 is 1.52 bits per heavy atom. The summed E-state index contributed by atoms with van der Waals surface area (Å²) in [5, 5.41) is 17.9. The molecular weight excluding hydrogens is 335 g/mol. The lowest BCUT2D eigenvalue weighted by atomic mass is 9.94. The van der Waals surface area contributed by atoms with Crippen LogP contribution >= 0.6 is 11.6 Å². The van der Waals surface area contributed by atoms with Gasteiger partial charge in [0.2, 0.25) is 6.10 Å². The summed E-state index contributed by atoms with van der Waals surface area (Å²) >= 11 is 6.08. The second-order valence-electron chi connectivity index (χ2n) is 5.12. The number of carboxylic acid groups (broad SMARTS) is 1. The quantitative estimate of drug-likeness (QED) is 0.893. The molecule has 1 N–H and O–H groups in total. The first-order valence-electron chi connectivity index (χ1n) is 6.53. The van der Waals surface area contributed by atoms with Crippen LogP contribution in [-0.4, -0.2) is 23.4 Å². The second kappa shape index (κ2) is 6.13. The van der Waals surface area contributed by atoms with E-state index in [1.807, 2.05) is 6.07 Å². The number of carbonyl (C=O) groups is 1. The maximum atomic E-state index is 13.0. The molecular formula is C15H11ClF3NO3. The number of nitriles is 1. The van der Waals surface area contributed by atoms with E-state index in [1.165, 1.54) is 12.1 Å². The molecule has 1 heterocycles. The molecule has 23 heavy (non-hydrogen) atoms. The van der Waals surface area contributed by atoms with Gasteiger partial charge in [-0.25, -0.2) is 4.79 Å². The van der Waals surface area contributed by atoms with Crippen LogP contribution < -0.4 is 4.74 Å². The Hall–Kier alpha value is -2.20. The predicted molar refractivity (Wildman–Crippen MR) is 76.2 cm³/mol. The number of benzene rings is 1. The molecule has 122 valence electrons. The minimum atomic E-state index is -4.86. The van der Waals surface area contributed by atoms with Crippen LogP contribution in [-0.2, 0) is 4.79 Å². The lowest BCUT2D eigenvalue weighted by Crippen LogP contribution is -2.40. The van der Waals surface area contributed by atoms with Gasteiger partial charge in [-0.05, 0) is 29.7 Å². The summed E-state index contributed by atoms with van der Waals surface area (Å²) < 4.78 is 43.9. The highest BCUT2D eigenvalue weighted by Crippen LogP contribution is 2.41. The van der Waals surface area contributed by atoms with Gasteiger partial charge in [-0.1, -0.05) is 18.5 Å². The van der Waals surface area contributed by atoms with E-state index in [-0.39, 0.29) is 28.7 Å².